The number of carboxylic acids is 1. The Morgan fingerprint density at radius 1 is 1.38 bits per heavy atom. The molecule has 0 aliphatic carbocycles. The first-order chi connectivity index (χ1) is 10.1. The molecule has 1 N–H and O–H groups in total. The van der Waals surface area contributed by atoms with Gasteiger partial charge < -0.3 is 14.7 Å². The Kier molecular flexibility index (Phi) is 3.59. The third-order valence-electron chi connectivity index (χ3n) is 3.76. The summed E-state index contributed by atoms with van der Waals surface area (Å²) in [6.45, 7) is 0.617. The summed E-state index contributed by atoms with van der Waals surface area (Å²) in [6, 6.07) is 4.47. The number of benzene rings is 1. The Balaban J connectivity index is 1.87. The summed E-state index contributed by atoms with van der Waals surface area (Å²) < 4.78 is 5.55. The highest BCUT2D eigenvalue weighted by Gasteiger charge is 2.35. The first-order valence-corrected chi connectivity index (χ1v) is 7.11. The molecule has 3 rings (SSSR count). The van der Waals surface area contributed by atoms with Gasteiger partial charge in [0.05, 0.1) is 5.57 Å². The number of nitrogens with zero attached hydrogens (tertiary/aromatic N) is 1. The van der Waals surface area contributed by atoms with E-state index < -0.39 is 12.0 Å². The van der Waals surface area contributed by atoms with E-state index in [1.165, 1.54) is 4.90 Å². The number of fused-ring (bicyclic) bond motifs is 1. The van der Waals surface area contributed by atoms with Crippen LogP contribution in [0.5, 0.6) is 5.75 Å². The van der Waals surface area contributed by atoms with Crippen LogP contribution in [0.25, 0.3) is 6.08 Å². The van der Waals surface area contributed by atoms with Crippen molar-refractivity contribution >= 4 is 29.6 Å². The zero-order chi connectivity index (χ0) is 15.0. The molecule has 2 aliphatic heterocycles. The SMILES string of the molecule is O=C(O)[C@@H]1CCCN1C(=O)C1=Cc2cc(Cl)ccc2OC1. The van der Waals surface area contributed by atoms with E-state index in [1.807, 2.05) is 0 Å². The van der Waals surface area contributed by atoms with Crippen LogP contribution in [0.3, 0.4) is 0 Å². The van der Waals surface area contributed by atoms with Crippen LogP contribution in [0.15, 0.2) is 23.8 Å². The molecular weight excluding hydrogens is 294 g/mol. The monoisotopic (exact) mass is 307 g/mol. The number of rotatable bonds is 2. The molecule has 1 amide bonds. The van der Waals surface area contributed by atoms with Gasteiger partial charge in [-0.15, -0.1) is 0 Å². The molecule has 110 valence electrons. The van der Waals surface area contributed by atoms with Crippen LogP contribution < -0.4 is 4.74 Å². The maximum absolute atomic E-state index is 12.5. The van der Waals surface area contributed by atoms with Crippen LogP contribution in [-0.4, -0.2) is 41.1 Å². The minimum absolute atomic E-state index is 0.149. The summed E-state index contributed by atoms with van der Waals surface area (Å²) in [6.07, 6.45) is 2.93. The highest BCUT2D eigenvalue weighted by atomic mass is 35.5. The second kappa shape index (κ2) is 5.41. The number of carbonyl (C=O) groups excluding carboxylic acids is 1. The van der Waals surface area contributed by atoms with Crippen LogP contribution in [-0.2, 0) is 9.59 Å². The van der Waals surface area contributed by atoms with E-state index in [2.05, 4.69) is 0 Å². The van der Waals surface area contributed by atoms with Crippen LogP contribution in [0.1, 0.15) is 18.4 Å². The van der Waals surface area contributed by atoms with Gasteiger partial charge in [-0.1, -0.05) is 11.6 Å². The van der Waals surface area contributed by atoms with Crippen molar-refractivity contribution in [3.63, 3.8) is 0 Å². The van der Waals surface area contributed by atoms with Gasteiger partial charge in [-0.3, -0.25) is 4.79 Å². The molecule has 0 aromatic heterocycles. The van der Waals surface area contributed by atoms with Crippen molar-refractivity contribution in [3.8, 4) is 5.75 Å². The highest BCUT2D eigenvalue weighted by molar-refractivity contribution is 6.30. The van der Waals surface area contributed by atoms with Crippen molar-refractivity contribution in [2.45, 2.75) is 18.9 Å². The zero-order valence-electron chi connectivity index (χ0n) is 11.2. The molecule has 6 heteroatoms. The van der Waals surface area contributed by atoms with E-state index in [1.54, 1.807) is 24.3 Å². The number of amides is 1. The van der Waals surface area contributed by atoms with E-state index in [9.17, 15) is 9.59 Å². The van der Waals surface area contributed by atoms with Crippen molar-refractivity contribution < 1.29 is 19.4 Å². The number of halogens is 1. The second-order valence-electron chi connectivity index (χ2n) is 5.14. The smallest absolute Gasteiger partial charge is 0.326 e. The fraction of sp³-hybridized carbons (Fsp3) is 0.333. The molecule has 1 atom stereocenters. The first kappa shape index (κ1) is 13.9. The zero-order valence-corrected chi connectivity index (χ0v) is 12.0. The maximum atomic E-state index is 12.5. The quantitative estimate of drug-likeness (QED) is 0.909. The third-order valence-corrected chi connectivity index (χ3v) is 3.99. The lowest BCUT2D eigenvalue weighted by Gasteiger charge is -2.25. The predicted octanol–water partition coefficient (Wildman–Crippen LogP) is 2.19. The number of ether oxygens (including phenoxy) is 1. The molecule has 0 saturated carbocycles. The normalized spacial score (nSPS) is 20.5. The fourth-order valence-corrected chi connectivity index (χ4v) is 2.90. The average molecular weight is 308 g/mol. The number of hydrogen-bond acceptors (Lipinski definition) is 3. The Hall–Kier alpha value is -2.01. The lowest BCUT2D eigenvalue weighted by atomic mass is 10.1. The fourth-order valence-electron chi connectivity index (χ4n) is 2.72. The van der Waals surface area contributed by atoms with Crippen molar-refractivity contribution in [2.24, 2.45) is 0 Å². The molecule has 1 saturated heterocycles. The van der Waals surface area contributed by atoms with E-state index in [4.69, 9.17) is 21.4 Å². The molecular formula is C15H14ClNO4. The van der Waals surface area contributed by atoms with Gasteiger partial charge in [-0.25, -0.2) is 4.79 Å². The Morgan fingerprint density at radius 3 is 2.95 bits per heavy atom. The first-order valence-electron chi connectivity index (χ1n) is 6.73. The second-order valence-corrected chi connectivity index (χ2v) is 5.57. The Bertz CT molecular complexity index is 641. The summed E-state index contributed by atoms with van der Waals surface area (Å²) in [4.78, 5) is 25.1. The van der Waals surface area contributed by atoms with E-state index in [-0.39, 0.29) is 12.5 Å². The van der Waals surface area contributed by atoms with Crippen molar-refractivity contribution in [1.29, 1.82) is 0 Å². The van der Waals surface area contributed by atoms with Gasteiger partial charge in [0, 0.05) is 17.1 Å². The van der Waals surface area contributed by atoms with E-state index in [0.717, 1.165) is 5.56 Å². The number of likely N-dealkylation sites (tertiary alicyclic amines) is 1. The maximum Gasteiger partial charge on any atom is 0.326 e. The van der Waals surface area contributed by atoms with Crippen molar-refractivity contribution in [3.05, 3.63) is 34.4 Å². The van der Waals surface area contributed by atoms with Crippen LogP contribution in [0.2, 0.25) is 5.02 Å². The van der Waals surface area contributed by atoms with E-state index >= 15 is 0 Å². The van der Waals surface area contributed by atoms with Gasteiger partial charge in [0.15, 0.2) is 0 Å². The summed E-state index contributed by atoms with van der Waals surface area (Å²) >= 11 is 5.94. The topological polar surface area (TPSA) is 66.8 Å². The third kappa shape index (κ3) is 2.61. The minimum Gasteiger partial charge on any atom is -0.488 e. The summed E-state index contributed by atoms with van der Waals surface area (Å²) in [7, 11) is 0. The van der Waals surface area contributed by atoms with Crippen LogP contribution in [0.4, 0.5) is 0 Å². The number of hydrogen-bond donors (Lipinski definition) is 1. The van der Waals surface area contributed by atoms with Crippen molar-refractivity contribution in [1.82, 2.24) is 4.90 Å². The molecule has 0 bridgehead atoms. The number of carboxylic acid groups (broad SMARTS) is 1. The Morgan fingerprint density at radius 2 is 2.19 bits per heavy atom. The van der Waals surface area contributed by atoms with Gasteiger partial charge in [-0.05, 0) is 37.1 Å². The van der Waals surface area contributed by atoms with Gasteiger partial charge in [-0.2, -0.15) is 0 Å². The Labute approximate surface area is 126 Å². The molecule has 1 fully saturated rings. The molecule has 0 radical (unpaired) electrons. The molecule has 2 aliphatic rings. The molecule has 5 nitrogen and oxygen atoms in total. The largest absolute Gasteiger partial charge is 0.488 e. The lowest BCUT2D eigenvalue weighted by Crippen LogP contribution is -2.42. The van der Waals surface area contributed by atoms with Gasteiger partial charge in [0.1, 0.15) is 18.4 Å². The van der Waals surface area contributed by atoms with Gasteiger partial charge in [0.2, 0.25) is 0 Å². The highest BCUT2D eigenvalue weighted by Crippen LogP contribution is 2.30. The number of carbonyl (C=O) groups is 2. The molecule has 1 aromatic carbocycles. The predicted molar refractivity (Wildman–Crippen MR) is 77.3 cm³/mol. The summed E-state index contributed by atoms with van der Waals surface area (Å²) in [5, 5.41) is 9.72. The molecule has 0 spiro atoms. The molecule has 2 heterocycles. The molecule has 0 unspecified atom stereocenters. The lowest BCUT2D eigenvalue weighted by molar-refractivity contribution is -0.147. The van der Waals surface area contributed by atoms with Crippen LogP contribution >= 0.6 is 11.6 Å². The van der Waals surface area contributed by atoms with Crippen molar-refractivity contribution in [2.75, 3.05) is 13.2 Å². The molecule has 1 aromatic rings. The summed E-state index contributed by atoms with van der Waals surface area (Å²) in [5.74, 6) is -0.556. The van der Waals surface area contributed by atoms with Gasteiger partial charge in [0.25, 0.3) is 5.91 Å². The van der Waals surface area contributed by atoms with Crippen LogP contribution in [0, 0.1) is 0 Å². The number of aliphatic carboxylic acids is 1. The van der Waals surface area contributed by atoms with Gasteiger partial charge >= 0.3 is 5.97 Å². The summed E-state index contributed by atoms with van der Waals surface area (Å²) in [5.41, 5.74) is 1.20. The molecule has 21 heavy (non-hydrogen) atoms. The average Bonchev–Trinajstić information content (AvgIpc) is 2.95. The minimum atomic E-state index is -0.957. The standard InChI is InChI=1S/C15H14ClNO4/c16-11-3-4-13-9(7-11)6-10(8-21-13)14(18)17-5-1-2-12(17)15(19)20/h3-4,6-7,12H,1-2,5,8H2,(H,19,20)/t12-/m0/s1. The van der Waals surface area contributed by atoms with E-state index in [0.29, 0.717) is 35.7 Å².